The molecule has 0 aromatic carbocycles. The molecule has 0 saturated heterocycles. The first kappa shape index (κ1) is 16.4. The standard InChI is InChI=1S/C12H22N2O4/c1-9(2)4-5-10(15)13-8-11(16)14(3)7-6-12(17)18/h9H,4-8H2,1-3H3,(H,13,15)(H,17,18). The Morgan fingerprint density at radius 3 is 2.33 bits per heavy atom. The van der Waals surface area contributed by atoms with E-state index in [4.69, 9.17) is 5.11 Å². The SMILES string of the molecule is CC(C)CCC(=O)NCC(=O)N(C)CCC(=O)O. The van der Waals surface area contributed by atoms with Crippen LogP contribution in [-0.2, 0) is 14.4 Å². The second-order valence-corrected chi connectivity index (χ2v) is 4.67. The minimum Gasteiger partial charge on any atom is -0.481 e. The van der Waals surface area contributed by atoms with Crippen molar-refractivity contribution in [1.82, 2.24) is 10.2 Å². The summed E-state index contributed by atoms with van der Waals surface area (Å²) in [5.74, 6) is -0.932. The van der Waals surface area contributed by atoms with Crippen LogP contribution < -0.4 is 5.32 Å². The maximum Gasteiger partial charge on any atom is 0.305 e. The summed E-state index contributed by atoms with van der Waals surface area (Å²) in [7, 11) is 1.52. The maximum absolute atomic E-state index is 11.5. The van der Waals surface area contributed by atoms with Crippen LogP contribution in [0, 0.1) is 5.92 Å². The van der Waals surface area contributed by atoms with Crippen LogP contribution in [0.3, 0.4) is 0 Å². The average Bonchev–Trinajstić information content (AvgIpc) is 2.30. The zero-order chi connectivity index (χ0) is 14.1. The number of likely N-dealkylation sites (N-methyl/N-ethyl adjacent to an activating group) is 1. The van der Waals surface area contributed by atoms with E-state index >= 15 is 0 Å². The van der Waals surface area contributed by atoms with Crippen molar-refractivity contribution in [2.75, 3.05) is 20.1 Å². The van der Waals surface area contributed by atoms with E-state index in [0.717, 1.165) is 6.42 Å². The summed E-state index contributed by atoms with van der Waals surface area (Å²) in [4.78, 5) is 34.5. The fourth-order valence-corrected chi connectivity index (χ4v) is 1.21. The molecule has 0 aliphatic heterocycles. The van der Waals surface area contributed by atoms with Gasteiger partial charge in [0.15, 0.2) is 0 Å². The highest BCUT2D eigenvalue weighted by Crippen LogP contribution is 2.02. The minimum atomic E-state index is -0.949. The smallest absolute Gasteiger partial charge is 0.305 e. The van der Waals surface area contributed by atoms with Crippen LogP contribution >= 0.6 is 0 Å². The van der Waals surface area contributed by atoms with Crippen molar-refractivity contribution >= 4 is 17.8 Å². The van der Waals surface area contributed by atoms with Gasteiger partial charge in [-0.3, -0.25) is 14.4 Å². The van der Waals surface area contributed by atoms with E-state index in [1.807, 2.05) is 13.8 Å². The molecular weight excluding hydrogens is 236 g/mol. The molecule has 2 N–H and O–H groups in total. The predicted molar refractivity (Wildman–Crippen MR) is 67.0 cm³/mol. The van der Waals surface area contributed by atoms with Crippen molar-refractivity contribution in [3.8, 4) is 0 Å². The van der Waals surface area contributed by atoms with Crippen LogP contribution in [0.5, 0.6) is 0 Å². The molecule has 0 aliphatic carbocycles. The molecule has 104 valence electrons. The number of hydrogen-bond donors (Lipinski definition) is 2. The Kier molecular flexibility index (Phi) is 7.74. The van der Waals surface area contributed by atoms with Gasteiger partial charge in [0, 0.05) is 20.0 Å². The van der Waals surface area contributed by atoms with Gasteiger partial charge in [0.25, 0.3) is 0 Å². The first-order valence-corrected chi connectivity index (χ1v) is 6.05. The van der Waals surface area contributed by atoms with E-state index in [-0.39, 0.29) is 31.3 Å². The lowest BCUT2D eigenvalue weighted by Crippen LogP contribution is -2.39. The van der Waals surface area contributed by atoms with Crippen LogP contribution in [0.2, 0.25) is 0 Å². The Bertz CT molecular complexity index is 302. The summed E-state index contributed by atoms with van der Waals surface area (Å²) in [6.45, 7) is 4.12. The Hall–Kier alpha value is -1.59. The molecule has 18 heavy (non-hydrogen) atoms. The number of carbonyl (C=O) groups excluding carboxylic acids is 2. The summed E-state index contributed by atoms with van der Waals surface area (Å²) >= 11 is 0. The molecule has 0 heterocycles. The number of nitrogens with one attached hydrogen (secondary N) is 1. The molecule has 0 atom stereocenters. The number of hydrogen-bond acceptors (Lipinski definition) is 3. The second-order valence-electron chi connectivity index (χ2n) is 4.67. The number of carboxylic acids is 1. The summed E-state index contributed by atoms with van der Waals surface area (Å²) in [6.07, 6.45) is 1.10. The van der Waals surface area contributed by atoms with E-state index in [9.17, 15) is 14.4 Å². The third-order valence-electron chi connectivity index (χ3n) is 2.47. The Morgan fingerprint density at radius 2 is 1.83 bits per heavy atom. The lowest BCUT2D eigenvalue weighted by atomic mass is 10.1. The van der Waals surface area contributed by atoms with Crippen LogP contribution in [0.25, 0.3) is 0 Å². The summed E-state index contributed by atoms with van der Waals surface area (Å²) in [5.41, 5.74) is 0. The molecule has 0 saturated carbocycles. The van der Waals surface area contributed by atoms with Gasteiger partial charge in [-0.2, -0.15) is 0 Å². The molecule has 0 fully saturated rings. The highest BCUT2D eigenvalue weighted by Gasteiger charge is 2.11. The number of carboxylic acid groups (broad SMARTS) is 1. The van der Waals surface area contributed by atoms with Crippen molar-refractivity contribution in [3.05, 3.63) is 0 Å². The predicted octanol–water partition coefficient (Wildman–Crippen LogP) is 0.472. The van der Waals surface area contributed by atoms with E-state index in [1.54, 1.807) is 0 Å². The summed E-state index contributed by atoms with van der Waals surface area (Å²) in [5, 5.41) is 11.0. The lowest BCUT2D eigenvalue weighted by molar-refractivity contribution is -0.138. The zero-order valence-corrected chi connectivity index (χ0v) is 11.2. The fraction of sp³-hybridized carbons (Fsp3) is 0.750. The van der Waals surface area contributed by atoms with E-state index in [0.29, 0.717) is 12.3 Å². The van der Waals surface area contributed by atoms with Gasteiger partial charge >= 0.3 is 5.97 Å². The third-order valence-corrected chi connectivity index (χ3v) is 2.47. The van der Waals surface area contributed by atoms with Crippen LogP contribution in [0.1, 0.15) is 33.1 Å². The fourth-order valence-electron chi connectivity index (χ4n) is 1.21. The van der Waals surface area contributed by atoms with Crippen molar-refractivity contribution in [2.45, 2.75) is 33.1 Å². The second kappa shape index (κ2) is 8.49. The van der Waals surface area contributed by atoms with Gasteiger partial charge in [-0.25, -0.2) is 0 Å². The van der Waals surface area contributed by atoms with E-state index in [1.165, 1.54) is 11.9 Å². The minimum absolute atomic E-state index is 0.0763. The van der Waals surface area contributed by atoms with Crippen LogP contribution in [-0.4, -0.2) is 47.9 Å². The number of nitrogens with zero attached hydrogens (tertiary/aromatic N) is 1. The van der Waals surface area contributed by atoms with Crippen molar-refractivity contribution in [2.24, 2.45) is 5.92 Å². The highest BCUT2D eigenvalue weighted by molar-refractivity contribution is 5.84. The molecule has 6 nitrogen and oxygen atoms in total. The number of amides is 2. The Balaban J connectivity index is 3.81. The number of rotatable bonds is 8. The van der Waals surface area contributed by atoms with Crippen molar-refractivity contribution < 1.29 is 19.5 Å². The first-order chi connectivity index (χ1) is 8.32. The molecule has 0 aliphatic rings. The Morgan fingerprint density at radius 1 is 1.22 bits per heavy atom. The van der Waals surface area contributed by atoms with Crippen LogP contribution in [0.15, 0.2) is 0 Å². The van der Waals surface area contributed by atoms with Crippen LogP contribution in [0.4, 0.5) is 0 Å². The number of aliphatic carboxylic acids is 1. The van der Waals surface area contributed by atoms with E-state index in [2.05, 4.69) is 5.32 Å². The topological polar surface area (TPSA) is 86.7 Å². The first-order valence-electron chi connectivity index (χ1n) is 6.05. The van der Waals surface area contributed by atoms with E-state index < -0.39 is 5.97 Å². The average molecular weight is 258 g/mol. The van der Waals surface area contributed by atoms with Crippen molar-refractivity contribution in [1.29, 1.82) is 0 Å². The van der Waals surface area contributed by atoms with Crippen molar-refractivity contribution in [3.63, 3.8) is 0 Å². The largest absolute Gasteiger partial charge is 0.481 e. The monoisotopic (exact) mass is 258 g/mol. The van der Waals surface area contributed by atoms with Gasteiger partial charge in [-0.15, -0.1) is 0 Å². The number of carbonyl (C=O) groups is 3. The molecule has 0 aromatic heterocycles. The molecule has 0 unspecified atom stereocenters. The van der Waals surface area contributed by atoms with Gasteiger partial charge in [-0.05, 0) is 12.3 Å². The highest BCUT2D eigenvalue weighted by atomic mass is 16.4. The normalized spacial score (nSPS) is 10.2. The quantitative estimate of drug-likeness (QED) is 0.662. The molecule has 0 bridgehead atoms. The molecule has 6 heteroatoms. The lowest BCUT2D eigenvalue weighted by Gasteiger charge is -2.16. The summed E-state index contributed by atoms with van der Waals surface area (Å²) < 4.78 is 0. The Labute approximate surface area is 107 Å². The van der Waals surface area contributed by atoms with Gasteiger partial charge in [-0.1, -0.05) is 13.8 Å². The molecule has 0 aromatic rings. The maximum atomic E-state index is 11.5. The van der Waals surface area contributed by atoms with Gasteiger partial charge in [0.1, 0.15) is 0 Å². The molecule has 0 rings (SSSR count). The summed E-state index contributed by atoms with van der Waals surface area (Å²) in [6, 6.07) is 0. The molecule has 2 amide bonds. The molecular formula is C12H22N2O4. The molecule has 0 radical (unpaired) electrons. The van der Waals surface area contributed by atoms with Gasteiger partial charge in [0.05, 0.1) is 13.0 Å². The molecule has 0 spiro atoms. The third kappa shape index (κ3) is 8.55. The van der Waals surface area contributed by atoms with Gasteiger partial charge < -0.3 is 15.3 Å². The van der Waals surface area contributed by atoms with Gasteiger partial charge in [0.2, 0.25) is 11.8 Å². The zero-order valence-electron chi connectivity index (χ0n) is 11.2.